The predicted molar refractivity (Wildman–Crippen MR) is 99.3 cm³/mol. The van der Waals surface area contributed by atoms with Crippen molar-refractivity contribution >= 4 is 33.7 Å². The number of hydrogen-bond donors (Lipinski definition) is 2. The first kappa shape index (κ1) is 21.7. The highest BCUT2D eigenvalue weighted by Crippen LogP contribution is 2.28. The summed E-state index contributed by atoms with van der Waals surface area (Å²) in [4.78, 5) is 36.5. The summed E-state index contributed by atoms with van der Waals surface area (Å²) >= 11 is 0.966. The number of aliphatic carboxylic acids is 1. The molecular formula is C16H19F3N4O4S. The van der Waals surface area contributed by atoms with Crippen LogP contribution in [-0.4, -0.2) is 39.0 Å². The Balaban J connectivity index is 2.65. The van der Waals surface area contributed by atoms with Crippen LogP contribution in [0.2, 0.25) is 0 Å². The number of rotatable bonds is 8. The molecule has 0 spiro atoms. The highest BCUT2D eigenvalue weighted by molar-refractivity contribution is 7.18. The zero-order valence-electron chi connectivity index (χ0n) is 15.3. The van der Waals surface area contributed by atoms with Gasteiger partial charge in [-0.1, -0.05) is 0 Å². The number of carboxylic acids is 1. The number of carboxylic acid groups (broad SMARTS) is 1. The van der Waals surface area contributed by atoms with E-state index in [0.717, 1.165) is 20.5 Å². The third kappa shape index (κ3) is 4.26. The summed E-state index contributed by atoms with van der Waals surface area (Å²) in [6.07, 6.45) is -5.20. The van der Waals surface area contributed by atoms with E-state index in [0.29, 0.717) is 16.7 Å². The molecule has 2 rings (SSSR count). The Morgan fingerprint density at radius 1 is 1.32 bits per heavy atom. The van der Waals surface area contributed by atoms with Crippen LogP contribution in [0.1, 0.15) is 30.3 Å². The molecule has 154 valence electrons. The van der Waals surface area contributed by atoms with Gasteiger partial charge in [0.25, 0.3) is 12.0 Å². The van der Waals surface area contributed by atoms with Crippen LogP contribution in [0.4, 0.5) is 13.2 Å². The average Bonchev–Trinajstić information content (AvgIpc) is 2.91. The standard InChI is InChI=1S/C16H19F3N4O4S/c1-7(2)23-14(26)12-8(3)10(4-20-21-5-11(24)25)28-15(12)22(16(23)27)6-9(17)13(18)19/h5,7,9,13,20H,4,6H2,1-3H3,(H,24,25). The van der Waals surface area contributed by atoms with E-state index in [-0.39, 0.29) is 16.8 Å². The van der Waals surface area contributed by atoms with Gasteiger partial charge in [0.2, 0.25) is 0 Å². The molecule has 0 fully saturated rings. The van der Waals surface area contributed by atoms with E-state index in [9.17, 15) is 27.6 Å². The lowest BCUT2D eigenvalue weighted by Crippen LogP contribution is -2.42. The van der Waals surface area contributed by atoms with Gasteiger partial charge in [-0.2, -0.15) is 5.10 Å². The molecule has 8 nitrogen and oxygen atoms in total. The lowest BCUT2D eigenvalue weighted by molar-refractivity contribution is -0.128. The summed E-state index contributed by atoms with van der Waals surface area (Å²) in [6.45, 7) is 3.94. The molecule has 0 saturated heterocycles. The zero-order valence-corrected chi connectivity index (χ0v) is 16.1. The first-order chi connectivity index (χ1) is 13.1. The van der Waals surface area contributed by atoms with Crippen molar-refractivity contribution in [1.82, 2.24) is 14.6 Å². The summed E-state index contributed by atoms with van der Waals surface area (Å²) in [5, 5.41) is 12.1. The van der Waals surface area contributed by atoms with Gasteiger partial charge in [-0.3, -0.25) is 13.9 Å². The zero-order chi connectivity index (χ0) is 21.2. The molecule has 0 bridgehead atoms. The molecule has 0 aromatic carbocycles. The van der Waals surface area contributed by atoms with Crippen molar-refractivity contribution in [2.24, 2.45) is 5.10 Å². The van der Waals surface area contributed by atoms with Gasteiger partial charge in [-0.05, 0) is 26.3 Å². The largest absolute Gasteiger partial charge is 0.477 e. The number of halogens is 3. The number of fused-ring (bicyclic) bond motifs is 1. The fourth-order valence-electron chi connectivity index (χ4n) is 2.67. The van der Waals surface area contributed by atoms with E-state index < -0.39 is 42.4 Å². The third-order valence-electron chi connectivity index (χ3n) is 3.99. The van der Waals surface area contributed by atoms with Crippen LogP contribution in [0.3, 0.4) is 0 Å². The normalized spacial score (nSPS) is 13.1. The SMILES string of the molecule is Cc1c(CNN=CC(=O)O)sc2c1c(=O)n(C(C)C)c(=O)n2CC(F)C(F)F. The molecule has 0 amide bonds. The quantitative estimate of drug-likeness (QED) is 0.501. The highest BCUT2D eigenvalue weighted by atomic mass is 32.1. The summed E-state index contributed by atoms with van der Waals surface area (Å²) in [7, 11) is 0. The molecular weight excluding hydrogens is 401 g/mol. The molecule has 0 radical (unpaired) electrons. The molecule has 12 heteroatoms. The molecule has 1 atom stereocenters. The average molecular weight is 420 g/mol. The number of aryl methyl sites for hydroxylation is 1. The van der Waals surface area contributed by atoms with Crippen LogP contribution in [0.25, 0.3) is 10.2 Å². The van der Waals surface area contributed by atoms with Crippen LogP contribution in [-0.2, 0) is 17.9 Å². The van der Waals surface area contributed by atoms with Gasteiger partial charge in [0.05, 0.1) is 18.5 Å². The fourth-order valence-corrected chi connectivity index (χ4v) is 3.90. The number of nitrogens with zero attached hydrogens (tertiary/aromatic N) is 3. The van der Waals surface area contributed by atoms with Gasteiger partial charge in [-0.25, -0.2) is 22.8 Å². The molecule has 2 aromatic rings. The number of aromatic nitrogens is 2. The maximum absolute atomic E-state index is 13.7. The predicted octanol–water partition coefficient (Wildman–Crippen LogP) is 1.88. The van der Waals surface area contributed by atoms with Gasteiger partial charge in [-0.15, -0.1) is 11.3 Å². The maximum Gasteiger partial charge on any atom is 0.348 e. The Labute approximate surface area is 160 Å². The van der Waals surface area contributed by atoms with E-state index in [1.165, 1.54) is 0 Å². The van der Waals surface area contributed by atoms with E-state index in [4.69, 9.17) is 5.11 Å². The Morgan fingerprint density at radius 3 is 2.50 bits per heavy atom. The van der Waals surface area contributed by atoms with Crippen LogP contribution >= 0.6 is 11.3 Å². The van der Waals surface area contributed by atoms with Crippen molar-refractivity contribution in [2.75, 3.05) is 0 Å². The topological polar surface area (TPSA) is 106 Å². The molecule has 0 aliphatic heterocycles. The Hall–Kier alpha value is -2.63. The number of hydrogen-bond acceptors (Lipinski definition) is 6. The molecule has 0 aliphatic rings. The second kappa shape index (κ2) is 8.59. The van der Waals surface area contributed by atoms with Crippen molar-refractivity contribution in [3.8, 4) is 0 Å². The lowest BCUT2D eigenvalue weighted by Gasteiger charge is -2.16. The van der Waals surface area contributed by atoms with Crippen molar-refractivity contribution < 1.29 is 23.1 Å². The fraction of sp³-hybridized carbons (Fsp3) is 0.500. The third-order valence-corrected chi connectivity index (χ3v) is 5.31. The van der Waals surface area contributed by atoms with Crippen molar-refractivity contribution in [2.45, 2.75) is 52.5 Å². The van der Waals surface area contributed by atoms with Crippen LogP contribution < -0.4 is 16.7 Å². The minimum Gasteiger partial charge on any atom is -0.477 e. The second-order valence-corrected chi connectivity index (χ2v) is 7.36. The molecule has 2 aromatic heterocycles. The van der Waals surface area contributed by atoms with E-state index in [1.54, 1.807) is 20.8 Å². The van der Waals surface area contributed by atoms with E-state index in [2.05, 4.69) is 10.5 Å². The minimum absolute atomic E-state index is 0.0399. The number of alkyl halides is 3. The maximum atomic E-state index is 13.7. The molecule has 1 unspecified atom stereocenters. The Kier molecular flexibility index (Phi) is 6.65. The van der Waals surface area contributed by atoms with Gasteiger partial charge in [0.15, 0.2) is 6.17 Å². The van der Waals surface area contributed by atoms with Crippen LogP contribution in [0.5, 0.6) is 0 Å². The molecule has 0 saturated carbocycles. The lowest BCUT2D eigenvalue weighted by atomic mass is 10.2. The number of nitrogens with one attached hydrogen (secondary N) is 1. The Morgan fingerprint density at radius 2 is 1.96 bits per heavy atom. The van der Waals surface area contributed by atoms with E-state index in [1.807, 2.05) is 0 Å². The van der Waals surface area contributed by atoms with E-state index >= 15 is 0 Å². The monoisotopic (exact) mass is 420 g/mol. The second-order valence-electron chi connectivity index (χ2n) is 6.27. The summed E-state index contributed by atoms with van der Waals surface area (Å²) in [6, 6.07) is -0.554. The molecule has 2 N–H and O–H groups in total. The van der Waals surface area contributed by atoms with Gasteiger partial charge in [0.1, 0.15) is 11.0 Å². The van der Waals surface area contributed by atoms with Gasteiger partial charge < -0.3 is 10.5 Å². The van der Waals surface area contributed by atoms with Crippen LogP contribution in [0.15, 0.2) is 14.7 Å². The first-order valence-corrected chi connectivity index (χ1v) is 9.06. The number of hydrazone groups is 1. The van der Waals surface area contributed by atoms with Crippen molar-refractivity contribution in [3.05, 3.63) is 31.3 Å². The van der Waals surface area contributed by atoms with Crippen LogP contribution in [0, 0.1) is 6.92 Å². The summed E-state index contributed by atoms with van der Waals surface area (Å²) in [5.74, 6) is -1.25. The molecule has 2 heterocycles. The smallest absolute Gasteiger partial charge is 0.348 e. The number of thiophene rings is 1. The highest BCUT2D eigenvalue weighted by Gasteiger charge is 2.26. The summed E-state index contributed by atoms with van der Waals surface area (Å²) in [5.41, 5.74) is 1.53. The minimum atomic E-state index is -3.27. The van der Waals surface area contributed by atoms with Crippen molar-refractivity contribution in [3.63, 3.8) is 0 Å². The van der Waals surface area contributed by atoms with Gasteiger partial charge >= 0.3 is 11.7 Å². The molecule has 0 aliphatic carbocycles. The first-order valence-electron chi connectivity index (χ1n) is 8.24. The molecule has 28 heavy (non-hydrogen) atoms. The Bertz CT molecular complexity index is 1030. The number of carbonyl (C=O) groups is 1. The van der Waals surface area contributed by atoms with Gasteiger partial charge in [0, 0.05) is 10.9 Å². The van der Waals surface area contributed by atoms with Crippen molar-refractivity contribution in [1.29, 1.82) is 0 Å². The summed E-state index contributed by atoms with van der Waals surface area (Å²) < 4.78 is 40.9.